The van der Waals surface area contributed by atoms with Crippen LogP contribution in [0.1, 0.15) is 22.0 Å². The van der Waals surface area contributed by atoms with E-state index in [0.29, 0.717) is 0 Å². The fraction of sp³-hybridized carbons (Fsp3) is 0.316. The van der Waals surface area contributed by atoms with Gasteiger partial charge in [0.2, 0.25) is 0 Å². The van der Waals surface area contributed by atoms with E-state index in [-0.39, 0.29) is 0 Å². The van der Waals surface area contributed by atoms with Crippen molar-refractivity contribution in [2.45, 2.75) is 25.8 Å². The Kier molecular flexibility index (Phi) is 4.26. The van der Waals surface area contributed by atoms with E-state index in [2.05, 4.69) is 47.8 Å². The van der Waals surface area contributed by atoms with E-state index in [1.165, 1.54) is 26.4 Å². The molecule has 0 spiro atoms. The monoisotopic (exact) mass is 324 g/mol. The Hall–Kier alpha value is -1.91. The smallest absolute Gasteiger partial charge is 0.127 e. The zero-order valence-electron chi connectivity index (χ0n) is 13.0. The molecule has 0 aliphatic carbocycles. The molecule has 1 aliphatic rings. The topological polar surface area (TPSA) is 34.1 Å². The minimum Gasteiger partial charge on any atom is -0.493 e. The van der Waals surface area contributed by atoms with Crippen molar-refractivity contribution < 1.29 is 4.74 Å². The molecule has 4 heteroatoms. The maximum atomic E-state index is 6.01. The van der Waals surface area contributed by atoms with Crippen molar-refractivity contribution in [3.63, 3.8) is 0 Å². The first kappa shape index (κ1) is 14.7. The Bertz CT molecular complexity index is 783. The molecule has 0 amide bonds. The van der Waals surface area contributed by atoms with Gasteiger partial charge in [-0.15, -0.1) is 11.3 Å². The number of nitrogens with zero attached hydrogens (tertiary/aromatic N) is 1. The second kappa shape index (κ2) is 6.69. The molecule has 0 bridgehead atoms. The summed E-state index contributed by atoms with van der Waals surface area (Å²) in [5.41, 5.74) is 1.30. The molecule has 3 aromatic rings. The minimum absolute atomic E-state index is 0.733. The van der Waals surface area contributed by atoms with Crippen LogP contribution in [0.5, 0.6) is 5.75 Å². The summed E-state index contributed by atoms with van der Waals surface area (Å²) in [7, 11) is 0. The lowest BCUT2D eigenvalue weighted by Crippen LogP contribution is -2.22. The first-order valence-electron chi connectivity index (χ1n) is 8.19. The molecule has 1 aromatic heterocycles. The summed E-state index contributed by atoms with van der Waals surface area (Å²) in [4.78, 5) is 6.19. The molecule has 0 saturated carbocycles. The summed E-state index contributed by atoms with van der Waals surface area (Å²) in [6.45, 7) is 2.77. The van der Waals surface area contributed by atoms with Gasteiger partial charge in [0.05, 0.1) is 17.3 Å². The maximum absolute atomic E-state index is 6.01. The van der Waals surface area contributed by atoms with Gasteiger partial charge in [-0.3, -0.25) is 0 Å². The highest BCUT2D eigenvalue weighted by molar-refractivity contribution is 7.11. The van der Waals surface area contributed by atoms with E-state index in [1.807, 2.05) is 11.3 Å². The van der Waals surface area contributed by atoms with Crippen molar-refractivity contribution >= 4 is 22.1 Å². The summed E-state index contributed by atoms with van der Waals surface area (Å²) < 4.78 is 6.01. The van der Waals surface area contributed by atoms with Crippen LogP contribution in [-0.2, 0) is 19.4 Å². The number of ether oxygens (including phenoxy) is 1. The normalized spacial score (nSPS) is 13.9. The van der Waals surface area contributed by atoms with Crippen LogP contribution in [-0.4, -0.2) is 18.1 Å². The van der Waals surface area contributed by atoms with E-state index in [0.717, 1.165) is 44.7 Å². The highest BCUT2D eigenvalue weighted by Crippen LogP contribution is 2.26. The number of aromatic nitrogens is 1. The first-order valence-corrected chi connectivity index (χ1v) is 9.00. The Labute approximate surface area is 140 Å². The Morgan fingerprint density at radius 2 is 2.04 bits per heavy atom. The third kappa shape index (κ3) is 3.23. The van der Waals surface area contributed by atoms with E-state index in [9.17, 15) is 0 Å². The number of aryl methyl sites for hydroxylation is 1. The van der Waals surface area contributed by atoms with Gasteiger partial charge >= 0.3 is 0 Å². The van der Waals surface area contributed by atoms with Gasteiger partial charge in [-0.25, -0.2) is 4.98 Å². The summed E-state index contributed by atoms with van der Waals surface area (Å²) in [6.07, 6.45) is 3.07. The van der Waals surface area contributed by atoms with Crippen LogP contribution in [0.2, 0.25) is 0 Å². The Balaban J connectivity index is 1.35. The van der Waals surface area contributed by atoms with E-state index in [1.54, 1.807) is 0 Å². The van der Waals surface area contributed by atoms with E-state index >= 15 is 0 Å². The number of fused-ring (bicyclic) bond motifs is 2. The first-order chi connectivity index (χ1) is 11.4. The highest BCUT2D eigenvalue weighted by atomic mass is 32.1. The summed E-state index contributed by atoms with van der Waals surface area (Å²) in [6, 6.07) is 14.6. The number of rotatable bonds is 5. The van der Waals surface area contributed by atoms with Crippen LogP contribution in [0.25, 0.3) is 10.8 Å². The van der Waals surface area contributed by atoms with Crippen LogP contribution in [0, 0.1) is 0 Å². The van der Waals surface area contributed by atoms with Crippen LogP contribution in [0.3, 0.4) is 0 Å². The molecule has 118 valence electrons. The molecule has 0 radical (unpaired) electrons. The van der Waals surface area contributed by atoms with E-state index < -0.39 is 0 Å². The molecule has 2 aromatic carbocycles. The molecule has 0 unspecified atom stereocenters. The summed E-state index contributed by atoms with van der Waals surface area (Å²) in [5.74, 6) is 0.978. The lowest BCUT2D eigenvalue weighted by Gasteiger charge is -2.09. The Morgan fingerprint density at radius 1 is 1.13 bits per heavy atom. The largest absolute Gasteiger partial charge is 0.493 e. The van der Waals surface area contributed by atoms with Crippen LogP contribution in [0.4, 0.5) is 0 Å². The molecule has 4 rings (SSSR count). The molecule has 1 aliphatic heterocycles. The van der Waals surface area contributed by atoms with E-state index in [4.69, 9.17) is 9.72 Å². The van der Waals surface area contributed by atoms with Gasteiger partial charge in [0.15, 0.2) is 0 Å². The van der Waals surface area contributed by atoms with Crippen molar-refractivity contribution in [3.8, 4) is 5.75 Å². The van der Waals surface area contributed by atoms with Crippen LogP contribution in [0.15, 0.2) is 42.5 Å². The van der Waals surface area contributed by atoms with Gasteiger partial charge in [-0.05, 0) is 17.9 Å². The molecular weight excluding hydrogens is 304 g/mol. The van der Waals surface area contributed by atoms with Gasteiger partial charge < -0.3 is 10.1 Å². The zero-order valence-corrected chi connectivity index (χ0v) is 13.9. The molecule has 2 heterocycles. The predicted molar refractivity (Wildman–Crippen MR) is 95.3 cm³/mol. The second-order valence-corrected chi connectivity index (χ2v) is 7.00. The molecule has 0 fully saturated rings. The zero-order chi connectivity index (χ0) is 15.5. The molecule has 23 heavy (non-hydrogen) atoms. The quantitative estimate of drug-likeness (QED) is 0.722. The number of hydrogen-bond acceptors (Lipinski definition) is 4. The third-order valence-electron chi connectivity index (χ3n) is 4.19. The van der Waals surface area contributed by atoms with Gasteiger partial charge in [-0.2, -0.15) is 0 Å². The van der Waals surface area contributed by atoms with Crippen LogP contribution >= 0.6 is 11.3 Å². The molecule has 3 nitrogen and oxygen atoms in total. The summed E-state index contributed by atoms with van der Waals surface area (Å²) in [5, 5.41) is 7.07. The van der Waals surface area contributed by atoms with Gasteiger partial charge in [0.1, 0.15) is 5.75 Å². The third-order valence-corrected chi connectivity index (χ3v) is 5.35. The fourth-order valence-electron chi connectivity index (χ4n) is 3.01. The van der Waals surface area contributed by atoms with Gasteiger partial charge in [-0.1, -0.05) is 36.4 Å². The average Bonchev–Trinajstić information content (AvgIpc) is 3.01. The standard InChI is InChI=1S/C19H20N2OS/c1-2-7-15-14(5-1)6-3-8-17(15)22-12-4-9-19-21-16-10-11-20-13-18(16)23-19/h1-3,5-8,20H,4,9-13H2. The SMILES string of the molecule is c1ccc2c(OCCCc3nc4c(s3)CNCC4)cccc2c1. The molecule has 0 saturated heterocycles. The fourth-order valence-corrected chi connectivity index (χ4v) is 4.14. The van der Waals surface area contributed by atoms with Gasteiger partial charge in [0.25, 0.3) is 0 Å². The maximum Gasteiger partial charge on any atom is 0.127 e. The number of thiazole rings is 1. The van der Waals surface area contributed by atoms with Gasteiger partial charge in [0, 0.05) is 36.2 Å². The predicted octanol–water partition coefficient (Wildman–Crippen LogP) is 3.95. The summed E-state index contributed by atoms with van der Waals surface area (Å²) >= 11 is 1.85. The lowest BCUT2D eigenvalue weighted by atomic mass is 10.1. The van der Waals surface area contributed by atoms with Crippen molar-refractivity contribution in [1.82, 2.24) is 10.3 Å². The molecular formula is C19H20N2OS. The van der Waals surface area contributed by atoms with Crippen molar-refractivity contribution in [2.24, 2.45) is 0 Å². The highest BCUT2D eigenvalue weighted by Gasteiger charge is 2.14. The molecule has 0 atom stereocenters. The minimum atomic E-state index is 0.733. The Morgan fingerprint density at radius 3 is 3.00 bits per heavy atom. The lowest BCUT2D eigenvalue weighted by molar-refractivity contribution is 0.314. The second-order valence-electron chi connectivity index (χ2n) is 5.83. The number of nitrogens with one attached hydrogen (secondary N) is 1. The van der Waals surface area contributed by atoms with Crippen molar-refractivity contribution in [2.75, 3.05) is 13.2 Å². The van der Waals surface area contributed by atoms with Crippen LogP contribution < -0.4 is 10.1 Å². The number of hydrogen-bond donors (Lipinski definition) is 1. The molecule has 1 N–H and O–H groups in total. The van der Waals surface area contributed by atoms with Crippen molar-refractivity contribution in [3.05, 3.63) is 58.0 Å². The van der Waals surface area contributed by atoms with Crippen molar-refractivity contribution in [1.29, 1.82) is 0 Å². The average molecular weight is 324 g/mol. The number of benzene rings is 2.